The van der Waals surface area contributed by atoms with Gasteiger partial charge in [-0.3, -0.25) is 10.1 Å². The summed E-state index contributed by atoms with van der Waals surface area (Å²) >= 11 is 1.51. The van der Waals surface area contributed by atoms with Gasteiger partial charge in [0.05, 0.1) is 0 Å². The van der Waals surface area contributed by atoms with Crippen molar-refractivity contribution in [3.8, 4) is 0 Å². The molecule has 0 spiro atoms. The Morgan fingerprint density at radius 3 is 2.95 bits per heavy atom. The second-order valence-electron chi connectivity index (χ2n) is 5.53. The molecule has 2 rings (SSSR count). The van der Waals surface area contributed by atoms with Crippen LogP contribution < -0.4 is 5.32 Å². The Hall–Kier alpha value is -1.07. The van der Waals surface area contributed by atoms with E-state index in [0.717, 1.165) is 17.7 Å². The third-order valence-electron chi connectivity index (χ3n) is 3.43. The highest BCUT2D eigenvalue weighted by atomic mass is 32.2. The molecule has 1 aromatic rings. The number of carbonyl (C=O) groups is 1. The molecule has 0 saturated heterocycles. The average Bonchev–Trinajstić information content (AvgIpc) is 2.38. The zero-order chi connectivity index (χ0) is 14.7. The predicted octanol–water partition coefficient (Wildman–Crippen LogP) is 3.45. The molecule has 0 aromatic heterocycles. The van der Waals surface area contributed by atoms with Crippen LogP contribution in [-0.4, -0.2) is 22.9 Å². The number of halogens is 1. The van der Waals surface area contributed by atoms with E-state index in [0.29, 0.717) is 17.2 Å². The Bertz CT molecular complexity index is 493. The van der Waals surface area contributed by atoms with E-state index in [1.807, 2.05) is 19.9 Å². The summed E-state index contributed by atoms with van der Waals surface area (Å²) in [4.78, 5) is 12.0. The first kappa shape index (κ1) is 15.3. The molecule has 110 valence electrons. The van der Waals surface area contributed by atoms with Crippen LogP contribution in [0, 0.1) is 11.7 Å². The number of thioether (sulfide) groups is 1. The van der Waals surface area contributed by atoms with Gasteiger partial charge in [0.15, 0.2) is 0 Å². The zero-order valence-corrected chi connectivity index (χ0v) is 12.5. The van der Waals surface area contributed by atoms with Gasteiger partial charge in [-0.1, -0.05) is 26.0 Å². The molecule has 2 N–H and O–H groups in total. The van der Waals surface area contributed by atoms with E-state index >= 15 is 0 Å². The molecule has 2 unspecified atom stereocenters. The summed E-state index contributed by atoms with van der Waals surface area (Å²) in [5.41, 5.74) is 0.885. The van der Waals surface area contributed by atoms with Crippen LogP contribution in [0.25, 0.3) is 0 Å². The van der Waals surface area contributed by atoms with Gasteiger partial charge in [0.2, 0.25) is 0 Å². The zero-order valence-electron chi connectivity index (χ0n) is 11.7. The molecule has 2 atom stereocenters. The number of aliphatic carboxylic acids is 1. The van der Waals surface area contributed by atoms with Crippen molar-refractivity contribution in [2.45, 2.75) is 43.7 Å². The second kappa shape index (κ2) is 6.59. The van der Waals surface area contributed by atoms with Gasteiger partial charge in [-0.15, -0.1) is 11.8 Å². The first-order chi connectivity index (χ1) is 9.49. The van der Waals surface area contributed by atoms with Gasteiger partial charge in [-0.25, -0.2) is 4.39 Å². The highest BCUT2D eigenvalue weighted by molar-refractivity contribution is 7.99. The standard InChI is InChI=1S/C15H20FNO2S/c1-9(2)8-13(15(18)19)17-12-6-7-20-14-10(12)4-3-5-11(14)16/h3-5,9,12-13,17H,6-8H2,1-2H3,(H,18,19). The van der Waals surface area contributed by atoms with E-state index < -0.39 is 12.0 Å². The van der Waals surface area contributed by atoms with Crippen molar-refractivity contribution < 1.29 is 14.3 Å². The van der Waals surface area contributed by atoms with Crippen LogP contribution in [0.5, 0.6) is 0 Å². The number of rotatable bonds is 5. The normalized spacial score (nSPS) is 19.7. The number of hydrogen-bond acceptors (Lipinski definition) is 3. The summed E-state index contributed by atoms with van der Waals surface area (Å²) < 4.78 is 13.8. The maximum atomic E-state index is 13.8. The molecule has 0 aliphatic carbocycles. The lowest BCUT2D eigenvalue weighted by atomic mass is 9.99. The van der Waals surface area contributed by atoms with Crippen LogP contribution in [0.1, 0.15) is 38.3 Å². The molecular weight excluding hydrogens is 277 g/mol. The highest BCUT2D eigenvalue weighted by Gasteiger charge is 2.28. The van der Waals surface area contributed by atoms with Gasteiger partial charge in [-0.2, -0.15) is 0 Å². The van der Waals surface area contributed by atoms with Crippen molar-refractivity contribution in [3.63, 3.8) is 0 Å². The van der Waals surface area contributed by atoms with Gasteiger partial charge in [0, 0.05) is 10.9 Å². The molecular formula is C15H20FNO2S. The van der Waals surface area contributed by atoms with Crippen molar-refractivity contribution >= 4 is 17.7 Å². The predicted molar refractivity (Wildman–Crippen MR) is 78.5 cm³/mol. The largest absolute Gasteiger partial charge is 0.480 e. The fraction of sp³-hybridized carbons (Fsp3) is 0.533. The second-order valence-corrected chi connectivity index (χ2v) is 6.64. The summed E-state index contributed by atoms with van der Waals surface area (Å²) in [7, 11) is 0. The Morgan fingerprint density at radius 2 is 2.30 bits per heavy atom. The van der Waals surface area contributed by atoms with Crippen molar-refractivity contribution in [2.75, 3.05) is 5.75 Å². The lowest BCUT2D eigenvalue weighted by Gasteiger charge is -2.29. The van der Waals surface area contributed by atoms with E-state index in [9.17, 15) is 14.3 Å². The fourth-order valence-corrected chi connectivity index (χ4v) is 3.65. The molecule has 5 heteroatoms. The quantitative estimate of drug-likeness (QED) is 0.874. The first-order valence-electron chi connectivity index (χ1n) is 6.89. The summed E-state index contributed by atoms with van der Waals surface area (Å²) in [5, 5.41) is 12.5. The van der Waals surface area contributed by atoms with Crippen molar-refractivity contribution in [3.05, 3.63) is 29.6 Å². The molecule has 1 aliphatic heterocycles. The summed E-state index contributed by atoms with van der Waals surface area (Å²) in [6.45, 7) is 4.00. The maximum absolute atomic E-state index is 13.8. The summed E-state index contributed by atoms with van der Waals surface area (Å²) in [5.74, 6) is 0.0535. The first-order valence-corrected chi connectivity index (χ1v) is 7.87. The number of carboxylic acids is 1. The molecule has 1 aliphatic rings. The Balaban J connectivity index is 2.18. The van der Waals surface area contributed by atoms with E-state index in [2.05, 4.69) is 5.32 Å². The lowest BCUT2D eigenvalue weighted by molar-refractivity contribution is -0.140. The van der Waals surface area contributed by atoms with Crippen LogP contribution in [-0.2, 0) is 4.79 Å². The molecule has 0 bridgehead atoms. The van der Waals surface area contributed by atoms with E-state index in [4.69, 9.17) is 0 Å². The summed E-state index contributed by atoms with van der Waals surface area (Å²) in [6.07, 6.45) is 1.40. The van der Waals surface area contributed by atoms with Crippen molar-refractivity contribution in [1.29, 1.82) is 0 Å². The molecule has 0 amide bonds. The minimum atomic E-state index is -0.838. The number of benzene rings is 1. The Labute approximate surface area is 123 Å². The molecule has 20 heavy (non-hydrogen) atoms. The third-order valence-corrected chi connectivity index (χ3v) is 4.59. The molecule has 1 heterocycles. The van der Waals surface area contributed by atoms with Crippen LogP contribution in [0.4, 0.5) is 4.39 Å². The Morgan fingerprint density at radius 1 is 1.55 bits per heavy atom. The van der Waals surface area contributed by atoms with E-state index in [1.165, 1.54) is 17.8 Å². The Kier molecular flexibility index (Phi) is 5.05. The number of fused-ring (bicyclic) bond motifs is 1. The van der Waals surface area contributed by atoms with Crippen molar-refractivity contribution in [1.82, 2.24) is 5.32 Å². The SMILES string of the molecule is CC(C)CC(NC1CCSc2c(F)cccc21)C(=O)O. The fourth-order valence-electron chi connectivity index (χ4n) is 2.51. The van der Waals surface area contributed by atoms with Crippen LogP contribution in [0.3, 0.4) is 0 Å². The third kappa shape index (κ3) is 3.52. The van der Waals surface area contributed by atoms with E-state index in [1.54, 1.807) is 6.07 Å². The topological polar surface area (TPSA) is 49.3 Å². The number of hydrogen-bond donors (Lipinski definition) is 2. The van der Waals surface area contributed by atoms with E-state index in [-0.39, 0.29) is 11.9 Å². The van der Waals surface area contributed by atoms with Crippen LogP contribution in [0.15, 0.2) is 23.1 Å². The summed E-state index contributed by atoms with van der Waals surface area (Å²) in [6, 6.07) is 4.36. The smallest absolute Gasteiger partial charge is 0.320 e. The van der Waals surface area contributed by atoms with Gasteiger partial charge < -0.3 is 5.11 Å². The molecule has 0 saturated carbocycles. The minimum Gasteiger partial charge on any atom is -0.480 e. The highest BCUT2D eigenvalue weighted by Crippen LogP contribution is 2.38. The van der Waals surface area contributed by atoms with Crippen LogP contribution in [0.2, 0.25) is 0 Å². The molecule has 1 aromatic carbocycles. The minimum absolute atomic E-state index is 0.0817. The van der Waals surface area contributed by atoms with Gasteiger partial charge in [-0.05, 0) is 36.1 Å². The average molecular weight is 297 g/mol. The molecule has 0 fully saturated rings. The van der Waals surface area contributed by atoms with Gasteiger partial charge in [0.1, 0.15) is 11.9 Å². The van der Waals surface area contributed by atoms with Crippen LogP contribution >= 0.6 is 11.8 Å². The monoisotopic (exact) mass is 297 g/mol. The lowest BCUT2D eigenvalue weighted by Crippen LogP contribution is -2.41. The van der Waals surface area contributed by atoms with Gasteiger partial charge >= 0.3 is 5.97 Å². The van der Waals surface area contributed by atoms with Crippen molar-refractivity contribution in [2.24, 2.45) is 5.92 Å². The number of carboxylic acid groups (broad SMARTS) is 1. The molecule has 0 radical (unpaired) electrons. The maximum Gasteiger partial charge on any atom is 0.320 e. The van der Waals surface area contributed by atoms with Gasteiger partial charge in [0.25, 0.3) is 0 Å². The number of nitrogens with one attached hydrogen (secondary N) is 1. The molecule has 3 nitrogen and oxygen atoms in total.